The molecule has 0 radical (unpaired) electrons. The Morgan fingerprint density at radius 1 is 1.23 bits per heavy atom. The Morgan fingerprint density at radius 2 is 1.92 bits per heavy atom. The molecule has 1 aliphatic heterocycles. The first-order valence-electron chi connectivity index (χ1n) is 3.59. The molecule has 1 aromatic rings. The minimum atomic E-state index is -1.31. The summed E-state index contributed by atoms with van der Waals surface area (Å²) in [6.07, 6.45) is 0. The van der Waals surface area contributed by atoms with Gasteiger partial charge >= 0.3 is 0 Å². The van der Waals surface area contributed by atoms with Crippen LogP contribution < -0.4 is 5.32 Å². The Bertz CT molecular complexity index is 373. The molecule has 0 spiro atoms. The second kappa shape index (κ2) is 3.05. The summed E-state index contributed by atoms with van der Waals surface area (Å²) in [6, 6.07) is 7.39. The first kappa shape index (κ1) is 9.13. The van der Waals surface area contributed by atoms with E-state index in [4.69, 9.17) is 34.8 Å². The van der Waals surface area contributed by atoms with Crippen molar-refractivity contribution in [3.05, 3.63) is 24.3 Å². The summed E-state index contributed by atoms with van der Waals surface area (Å²) >= 11 is 17.4. The molecule has 0 saturated heterocycles. The lowest BCUT2D eigenvalue weighted by atomic mass is 10.2. The lowest BCUT2D eigenvalue weighted by molar-refractivity contribution is 1.17. The quantitative estimate of drug-likeness (QED) is 0.540. The molecule has 0 bridgehead atoms. The van der Waals surface area contributed by atoms with Gasteiger partial charge in [0.25, 0.3) is 0 Å². The van der Waals surface area contributed by atoms with Crippen molar-refractivity contribution in [2.45, 2.75) is 4.46 Å². The van der Waals surface area contributed by atoms with Crippen LogP contribution in [0, 0.1) is 0 Å². The maximum absolute atomic E-state index is 5.84. The lowest BCUT2D eigenvalue weighted by Gasteiger charge is -2.25. The number of alkyl halides is 2. The smallest absolute Gasteiger partial charge is 0.242 e. The molecule has 68 valence electrons. The predicted molar refractivity (Wildman–Crippen MR) is 57.4 cm³/mol. The van der Waals surface area contributed by atoms with E-state index in [0.717, 1.165) is 11.4 Å². The Hall–Kier alpha value is -0.440. The van der Waals surface area contributed by atoms with Gasteiger partial charge in [-0.2, -0.15) is 0 Å². The number of aliphatic imine (C=N–C) groups is 1. The van der Waals surface area contributed by atoms with Gasteiger partial charge in [-0.3, -0.25) is 0 Å². The van der Waals surface area contributed by atoms with E-state index in [0.29, 0.717) is 0 Å². The second-order valence-corrected chi connectivity index (χ2v) is 4.30. The average Bonchev–Trinajstić information content (AvgIpc) is 2.06. The largest absolute Gasteiger partial charge is 0.347 e. The van der Waals surface area contributed by atoms with Gasteiger partial charge in [0.05, 0.1) is 11.4 Å². The molecule has 1 heterocycles. The number of rotatable bonds is 0. The monoisotopic (exact) mass is 234 g/mol. The van der Waals surface area contributed by atoms with Gasteiger partial charge in [-0.15, -0.1) is 0 Å². The second-order valence-electron chi connectivity index (χ2n) is 2.62. The number of hydrogen-bond acceptors (Lipinski definition) is 2. The SMILES string of the molecule is ClC1=Nc2ccccc2NC1(Cl)Cl. The summed E-state index contributed by atoms with van der Waals surface area (Å²) in [6.45, 7) is 0. The van der Waals surface area contributed by atoms with Crippen molar-refractivity contribution < 1.29 is 0 Å². The van der Waals surface area contributed by atoms with Crippen molar-refractivity contribution in [2.24, 2.45) is 4.99 Å². The highest BCUT2D eigenvalue weighted by Crippen LogP contribution is 2.38. The summed E-state index contributed by atoms with van der Waals surface area (Å²) in [5, 5.41) is 2.99. The summed E-state index contributed by atoms with van der Waals surface area (Å²) in [5.74, 6) is 0. The predicted octanol–water partition coefficient (Wildman–Crippen LogP) is 3.51. The fraction of sp³-hybridized carbons (Fsp3) is 0.125. The molecule has 5 heteroatoms. The van der Waals surface area contributed by atoms with Crippen LogP contribution in [-0.4, -0.2) is 9.63 Å². The van der Waals surface area contributed by atoms with Gasteiger partial charge in [-0.25, -0.2) is 4.99 Å². The molecule has 0 atom stereocenters. The zero-order valence-electron chi connectivity index (χ0n) is 6.39. The molecule has 0 saturated carbocycles. The van der Waals surface area contributed by atoms with Crippen LogP contribution in [0.4, 0.5) is 11.4 Å². The molecular weight excluding hydrogens is 230 g/mol. The maximum Gasteiger partial charge on any atom is 0.242 e. The van der Waals surface area contributed by atoms with Crippen molar-refractivity contribution in [1.82, 2.24) is 0 Å². The summed E-state index contributed by atoms with van der Waals surface area (Å²) in [5.41, 5.74) is 1.52. The van der Waals surface area contributed by atoms with Crippen molar-refractivity contribution in [2.75, 3.05) is 5.32 Å². The van der Waals surface area contributed by atoms with Crippen LogP contribution >= 0.6 is 34.8 Å². The topological polar surface area (TPSA) is 24.4 Å². The number of para-hydroxylation sites is 2. The fourth-order valence-corrected chi connectivity index (χ4v) is 1.50. The van der Waals surface area contributed by atoms with Crippen LogP contribution in [0.25, 0.3) is 0 Å². The van der Waals surface area contributed by atoms with E-state index in [-0.39, 0.29) is 5.17 Å². The third kappa shape index (κ3) is 1.62. The van der Waals surface area contributed by atoms with Gasteiger partial charge in [-0.1, -0.05) is 46.9 Å². The minimum absolute atomic E-state index is 0.134. The van der Waals surface area contributed by atoms with Crippen molar-refractivity contribution in [1.29, 1.82) is 0 Å². The molecule has 2 rings (SSSR count). The molecule has 13 heavy (non-hydrogen) atoms. The Kier molecular flexibility index (Phi) is 2.14. The molecular formula is C8H5Cl3N2. The van der Waals surface area contributed by atoms with Crippen LogP contribution in [0.15, 0.2) is 29.3 Å². The van der Waals surface area contributed by atoms with E-state index in [1.165, 1.54) is 0 Å². The van der Waals surface area contributed by atoms with Gasteiger partial charge in [0.1, 0.15) is 0 Å². The van der Waals surface area contributed by atoms with E-state index in [9.17, 15) is 0 Å². The molecule has 1 N–H and O–H groups in total. The molecule has 1 aliphatic rings. The van der Waals surface area contributed by atoms with Crippen molar-refractivity contribution in [3.63, 3.8) is 0 Å². The normalized spacial score (nSPS) is 18.5. The Morgan fingerprint density at radius 3 is 2.69 bits per heavy atom. The number of benzene rings is 1. The molecule has 2 nitrogen and oxygen atoms in total. The highest BCUT2D eigenvalue weighted by atomic mass is 35.5. The molecule has 0 aliphatic carbocycles. The van der Waals surface area contributed by atoms with Gasteiger partial charge in [-0.05, 0) is 12.1 Å². The maximum atomic E-state index is 5.84. The van der Waals surface area contributed by atoms with Crippen molar-refractivity contribution >= 4 is 51.3 Å². The minimum Gasteiger partial charge on any atom is -0.347 e. The number of nitrogens with one attached hydrogen (secondary N) is 1. The molecule has 0 aromatic heterocycles. The Balaban J connectivity index is 2.53. The zero-order chi connectivity index (χ0) is 9.47. The lowest BCUT2D eigenvalue weighted by Crippen LogP contribution is -2.33. The summed E-state index contributed by atoms with van der Waals surface area (Å²) in [4.78, 5) is 4.05. The fourth-order valence-electron chi connectivity index (χ4n) is 1.07. The van der Waals surface area contributed by atoms with Crippen LogP contribution in [0.2, 0.25) is 0 Å². The summed E-state index contributed by atoms with van der Waals surface area (Å²) in [7, 11) is 0. The van der Waals surface area contributed by atoms with Crippen LogP contribution in [0.3, 0.4) is 0 Å². The van der Waals surface area contributed by atoms with E-state index in [1.807, 2.05) is 24.3 Å². The van der Waals surface area contributed by atoms with Gasteiger partial charge in [0, 0.05) is 0 Å². The Labute approximate surface area is 90.5 Å². The van der Waals surface area contributed by atoms with Crippen LogP contribution in [-0.2, 0) is 0 Å². The van der Waals surface area contributed by atoms with Gasteiger partial charge < -0.3 is 5.32 Å². The number of fused-ring (bicyclic) bond motifs is 1. The standard InChI is InChI=1S/C8H5Cl3N2/c9-7-8(10,11)13-6-4-2-1-3-5(6)12-7/h1-4,13H. The highest BCUT2D eigenvalue weighted by molar-refractivity contribution is 6.80. The van der Waals surface area contributed by atoms with E-state index < -0.39 is 4.46 Å². The average molecular weight is 236 g/mol. The first-order chi connectivity index (χ1) is 6.09. The number of halogens is 3. The van der Waals surface area contributed by atoms with Crippen LogP contribution in [0.1, 0.15) is 0 Å². The molecule has 0 fully saturated rings. The first-order valence-corrected chi connectivity index (χ1v) is 4.73. The number of anilines is 1. The van der Waals surface area contributed by atoms with Gasteiger partial charge in [0.2, 0.25) is 4.46 Å². The molecule has 0 unspecified atom stereocenters. The molecule has 1 aromatic carbocycles. The molecule has 0 amide bonds. The third-order valence-corrected chi connectivity index (χ3v) is 2.78. The van der Waals surface area contributed by atoms with Gasteiger partial charge in [0.15, 0.2) is 5.17 Å². The van der Waals surface area contributed by atoms with E-state index in [2.05, 4.69) is 10.3 Å². The van der Waals surface area contributed by atoms with Crippen molar-refractivity contribution in [3.8, 4) is 0 Å². The summed E-state index contributed by atoms with van der Waals surface area (Å²) < 4.78 is -1.31. The number of hydrogen-bond donors (Lipinski definition) is 1. The van der Waals surface area contributed by atoms with E-state index >= 15 is 0 Å². The zero-order valence-corrected chi connectivity index (χ0v) is 8.66. The number of nitrogens with zero attached hydrogens (tertiary/aromatic N) is 1. The third-order valence-electron chi connectivity index (χ3n) is 1.67. The van der Waals surface area contributed by atoms with E-state index in [1.54, 1.807) is 0 Å². The van der Waals surface area contributed by atoms with Crippen LogP contribution in [0.5, 0.6) is 0 Å². The highest BCUT2D eigenvalue weighted by Gasteiger charge is 2.33.